The Morgan fingerprint density at radius 2 is 1.78 bits per heavy atom. The number of aryl methyl sites for hydroxylation is 4. The molecule has 2 rings (SSSR count). The largest absolute Gasteiger partial charge is 0.382 e. The van der Waals surface area contributed by atoms with Gasteiger partial charge in [0, 0.05) is 7.05 Å². The van der Waals surface area contributed by atoms with Crippen LogP contribution in [-0.4, -0.2) is 20.1 Å². The molecule has 1 unspecified atom stereocenters. The van der Waals surface area contributed by atoms with E-state index < -0.39 is 6.10 Å². The Bertz CT molecular complexity index is 573. The van der Waals surface area contributed by atoms with Gasteiger partial charge in [-0.05, 0) is 59.0 Å². The van der Waals surface area contributed by atoms with Crippen molar-refractivity contribution < 1.29 is 5.11 Å². The number of hydrogen-bond donors (Lipinski definition) is 1. The quantitative estimate of drug-likeness (QED) is 0.927. The van der Waals surface area contributed by atoms with Crippen LogP contribution in [0.2, 0.25) is 0 Å². The predicted octanol–water partition coefficient (Wildman–Crippen LogP) is 2.58. The second kappa shape index (κ2) is 4.82. The van der Waals surface area contributed by atoms with Gasteiger partial charge in [-0.25, -0.2) is 4.68 Å². The Labute approximate surface area is 115 Å². The van der Waals surface area contributed by atoms with Crippen LogP contribution in [-0.2, 0) is 7.05 Å². The first-order valence-corrected chi connectivity index (χ1v) is 6.52. The Morgan fingerprint density at radius 3 is 2.33 bits per heavy atom. The fourth-order valence-electron chi connectivity index (χ4n) is 2.05. The van der Waals surface area contributed by atoms with Crippen molar-refractivity contribution in [3.63, 3.8) is 0 Å². The molecule has 4 nitrogen and oxygen atoms in total. The van der Waals surface area contributed by atoms with E-state index in [1.807, 2.05) is 19.9 Å². The number of aliphatic hydroxyl groups is 1. The molecule has 0 radical (unpaired) electrons. The summed E-state index contributed by atoms with van der Waals surface area (Å²) in [6, 6.07) is 4.11. The Morgan fingerprint density at radius 1 is 1.17 bits per heavy atom. The van der Waals surface area contributed by atoms with E-state index in [1.54, 1.807) is 11.7 Å². The van der Waals surface area contributed by atoms with Gasteiger partial charge in [0.15, 0.2) is 4.60 Å². The molecule has 1 aromatic heterocycles. The highest BCUT2D eigenvalue weighted by Crippen LogP contribution is 2.29. The first kappa shape index (κ1) is 13.2. The van der Waals surface area contributed by atoms with Gasteiger partial charge in [-0.3, -0.25) is 0 Å². The van der Waals surface area contributed by atoms with Crippen LogP contribution in [0.25, 0.3) is 0 Å². The topological polar surface area (TPSA) is 50.9 Å². The van der Waals surface area contributed by atoms with E-state index in [2.05, 4.69) is 39.2 Å². The number of nitrogens with zero attached hydrogens (tertiary/aromatic N) is 3. The van der Waals surface area contributed by atoms with E-state index in [9.17, 15) is 5.11 Å². The van der Waals surface area contributed by atoms with Gasteiger partial charge in [0.1, 0.15) is 11.8 Å². The van der Waals surface area contributed by atoms with Crippen LogP contribution < -0.4 is 0 Å². The van der Waals surface area contributed by atoms with E-state index in [4.69, 9.17) is 0 Å². The van der Waals surface area contributed by atoms with Crippen molar-refractivity contribution in [1.82, 2.24) is 15.0 Å². The third-order valence-electron chi connectivity index (χ3n) is 3.26. The summed E-state index contributed by atoms with van der Waals surface area (Å²) < 4.78 is 2.17. The van der Waals surface area contributed by atoms with Crippen molar-refractivity contribution in [2.45, 2.75) is 26.9 Å². The summed E-state index contributed by atoms with van der Waals surface area (Å²) in [6.45, 7) is 6.12. The highest BCUT2D eigenvalue weighted by Gasteiger charge is 2.21. The molecule has 0 aliphatic rings. The average Bonchev–Trinajstić information content (AvgIpc) is 2.63. The van der Waals surface area contributed by atoms with Gasteiger partial charge in [0.25, 0.3) is 0 Å². The van der Waals surface area contributed by atoms with Crippen molar-refractivity contribution in [2.75, 3.05) is 0 Å². The molecule has 1 N–H and O–H groups in total. The molecule has 0 spiro atoms. The molecule has 18 heavy (non-hydrogen) atoms. The lowest BCUT2D eigenvalue weighted by atomic mass is 9.96. The van der Waals surface area contributed by atoms with E-state index in [-0.39, 0.29) is 0 Å². The zero-order valence-electron chi connectivity index (χ0n) is 10.9. The monoisotopic (exact) mass is 309 g/mol. The summed E-state index contributed by atoms with van der Waals surface area (Å²) in [5.41, 5.74) is 5.02. The lowest BCUT2D eigenvalue weighted by Gasteiger charge is -2.16. The van der Waals surface area contributed by atoms with E-state index >= 15 is 0 Å². The number of rotatable bonds is 2. The minimum absolute atomic E-state index is 0.579. The van der Waals surface area contributed by atoms with Crippen molar-refractivity contribution in [2.24, 2.45) is 7.05 Å². The molecule has 96 valence electrons. The third-order valence-corrected chi connectivity index (χ3v) is 3.83. The van der Waals surface area contributed by atoms with Crippen molar-refractivity contribution in [1.29, 1.82) is 0 Å². The maximum Gasteiger partial charge on any atom is 0.154 e. The average molecular weight is 310 g/mol. The predicted molar refractivity (Wildman–Crippen MR) is 73.4 cm³/mol. The summed E-state index contributed by atoms with van der Waals surface area (Å²) in [6.07, 6.45) is -0.723. The molecule has 2 aromatic rings. The van der Waals surface area contributed by atoms with Crippen molar-refractivity contribution >= 4 is 15.9 Å². The molecule has 0 aliphatic carbocycles. The van der Waals surface area contributed by atoms with Gasteiger partial charge >= 0.3 is 0 Å². The maximum absolute atomic E-state index is 10.5. The summed E-state index contributed by atoms with van der Waals surface area (Å²) in [5, 5.41) is 18.3. The van der Waals surface area contributed by atoms with E-state index in [1.165, 1.54) is 11.1 Å². The Balaban J connectivity index is 2.53. The highest BCUT2D eigenvalue weighted by molar-refractivity contribution is 9.10. The molecule has 0 amide bonds. The van der Waals surface area contributed by atoms with E-state index in [0.717, 1.165) is 11.1 Å². The molecule has 0 bridgehead atoms. The molecule has 0 saturated carbocycles. The molecule has 0 saturated heterocycles. The summed E-state index contributed by atoms with van der Waals surface area (Å²) in [5.74, 6) is 0. The van der Waals surface area contributed by atoms with Crippen molar-refractivity contribution in [3.8, 4) is 0 Å². The van der Waals surface area contributed by atoms with Crippen LogP contribution in [0.3, 0.4) is 0 Å². The van der Waals surface area contributed by atoms with Crippen molar-refractivity contribution in [3.05, 3.63) is 44.7 Å². The van der Waals surface area contributed by atoms with Gasteiger partial charge in [-0.2, -0.15) is 0 Å². The van der Waals surface area contributed by atoms with Crippen LogP contribution in [0.4, 0.5) is 0 Å². The summed E-state index contributed by atoms with van der Waals surface area (Å²) in [7, 11) is 1.77. The Kier molecular flexibility index (Phi) is 3.54. The number of benzene rings is 1. The normalized spacial score (nSPS) is 12.8. The zero-order valence-corrected chi connectivity index (χ0v) is 12.5. The first-order chi connectivity index (χ1) is 8.41. The van der Waals surface area contributed by atoms with Gasteiger partial charge in [-0.1, -0.05) is 17.3 Å². The molecule has 1 heterocycles. The van der Waals surface area contributed by atoms with Gasteiger partial charge in [0.2, 0.25) is 0 Å². The second-order valence-electron chi connectivity index (χ2n) is 4.58. The number of hydrogen-bond acceptors (Lipinski definition) is 3. The van der Waals surface area contributed by atoms with Crippen LogP contribution in [0.5, 0.6) is 0 Å². The standard InChI is InChI=1S/C13H16BrN3O/c1-7-5-9(3)10(6-8(7)2)12(18)11-13(14)15-16-17(11)4/h5-6,12,18H,1-4H3. The number of halogens is 1. The molecule has 1 atom stereocenters. The van der Waals surface area contributed by atoms with Crippen LogP contribution >= 0.6 is 15.9 Å². The van der Waals surface area contributed by atoms with Gasteiger partial charge in [-0.15, -0.1) is 5.10 Å². The molecule has 1 aromatic carbocycles. The molecular weight excluding hydrogens is 294 g/mol. The minimum Gasteiger partial charge on any atom is -0.382 e. The smallest absolute Gasteiger partial charge is 0.154 e. The third kappa shape index (κ3) is 2.20. The molecule has 0 aliphatic heterocycles. The lowest BCUT2D eigenvalue weighted by molar-refractivity contribution is 0.208. The number of aromatic nitrogens is 3. The zero-order chi connectivity index (χ0) is 13.4. The maximum atomic E-state index is 10.5. The fourth-order valence-corrected chi connectivity index (χ4v) is 2.60. The summed E-state index contributed by atoms with van der Waals surface area (Å²) in [4.78, 5) is 0. The SMILES string of the molecule is Cc1cc(C)c(C(O)c2c(Br)nnn2C)cc1C. The summed E-state index contributed by atoms with van der Waals surface area (Å²) >= 11 is 3.32. The lowest BCUT2D eigenvalue weighted by Crippen LogP contribution is -2.09. The Hall–Kier alpha value is -1.20. The first-order valence-electron chi connectivity index (χ1n) is 5.72. The van der Waals surface area contributed by atoms with Gasteiger partial charge in [0.05, 0.1) is 0 Å². The van der Waals surface area contributed by atoms with Gasteiger partial charge < -0.3 is 5.11 Å². The second-order valence-corrected chi connectivity index (χ2v) is 5.34. The van der Waals surface area contributed by atoms with Crippen LogP contribution in [0.15, 0.2) is 16.7 Å². The minimum atomic E-state index is -0.723. The molecule has 5 heteroatoms. The van der Waals surface area contributed by atoms with Crippen LogP contribution in [0, 0.1) is 20.8 Å². The molecule has 0 fully saturated rings. The highest BCUT2D eigenvalue weighted by atomic mass is 79.9. The fraction of sp³-hybridized carbons (Fsp3) is 0.385. The van der Waals surface area contributed by atoms with E-state index in [0.29, 0.717) is 10.3 Å². The molecular formula is C13H16BrN3O. The van der Waals surface area contributed by atoms with Crippen LogP contribution in [0.1, 0.15) is 34.1 Å². The number of aliphatic hydroxyl groups excluding tert-OH is 1.